The van der Waals surface area contributed by atoms with Gasteiger partial charge in [0.2, 0.25) is 0 Å². The molecule has 8 heteroatoms. The van der Waals surface area contributed by atoms with E-state index >= 15 is 0 Å². The van der Waals surface area contributed by atoms with E-state index in [0.717, 1.165) is 0 Å². The number of rotatable bonds is 5. The van der Waals surface area contributed by atoms with E-state index in [1.807, 2.05) is 0 Å². The fraction of sp³-hybridized carbons (Fsp3) is 0.417. The highest BCUT2D eigenvalue weighted by atomic mass is 35.5. The summed E-state index contributed by atoms with van der Waals surface area (Å²) in [5.41, 5.74) is 1.23. The largest absolute Gasteiger partial charge is 0.351 e. The van der Waals surface area contributed by atoms with Gasteiger partial charge in [-0.05, 0) is 19.4 Å². The minimum atomic E-state index is -0.147. The molecule has 0 aliphatic carbocycles. The molecule has 1 amide bonds. The standard InChI is InChI=1S/C12H15Cl2N5O/c1-8-10(13)11(14)19(17-8)7-3-5-15-12(20)9-4-6-16-18(9)2/h4,6H,3,5,7H2,1-2H3,(H,15,20). The molecule has 0 unspecified atom stereocenters. The first-order valence-electron chi connectivity index (χ1n) is 6.15. The Morgan fingerprint density at radius 3 is 2.75 bits per heavy atom. The smallest absolute Gasteiger partial charge is 0.269 e. The summed E-state index contributed by atoms with van der Waals surface area (Å²) in [5.74, 6) is -0.147. The second kappa shape index (κ2) is 6.28. The highest BCUT2D eigenvalue weighted by Crippen LogP contribution is 2.24. The Hall–Kier alpha value is -1.53. The van der Waals surface area contributed by atoms with Crippen LogP contribution in [-0.4, -0.2) is 32.0 Å². The van der Waals surface area contributed by atoms with Crippen molar-refractivity contribution < 1.29 is 4.79 Å². The van der Waals surface area contributed by atoms with E-state index in [-0.39, 0.29) is 5.91 Å². The zero-order chi connectivity index (χ0) is 14.7. The van der Waals surface area contributed by atoms with E-state index in [4.69, 9.17) is 23.2 Å². The van der Waals surface area contributed by atoms with E-state index in [9.17, 15) is 4.79 Å². The molecule has 0 aliphatic rings. The number of aromatic nitrogens is 4. The molecule has 6 nitrogen and oxygen atoms in total. The highest BCUT2D eigenvalue weighted by Gasteiger charge is 2.11. The predicted octanol–water partition coefficient (Wildman–Crippen LogP) is 2.05. The van der Waals surface area contributed by atoms with Crippen molar-refractivity contribution in [1.29, 1.82) is 0 Å². The fourth-order valence-corrected chi connectivity index (χ4v) is 2.19. The summed E-state index contributed by atoms with van der Waals surface area (Å²) in [4.78, 5) is 11.8. The van der Waals surface area contributed by atoms with Crippen molar-refractivity contribution in [3.63, 3.8) is 0 Å². The predicted molar refractivity (Wildman–Crippen MR) is 77.1 cm³/mol. The van der Waals surface area contributed by atoms with E-state index in [1.54, 1.807) is 30.9 Å². The van der Waals surface area contributed by atoms with Crippen LogP contribution < -0.4 is 5.32 Å². The summed E-state index contributed by atoms with van der Waals surface area (Å²) < 4.78 is 3.16. The van der Waals surface area contributed by atoms with Crippen LogP contribution >= 0.6 is 23.2 Å². The Kier molecular flexibility index (Phi) is 4.67. The van der Waals surface area contributed by atoms with Gasteiger partial charge in [0.1, 0.15) is 15.9 Å². The van der Waals surface area contributed by atoms with Crippen LogP contribution in [-0.2, 0) is 13.6 Å². The Bertz CT molecular complexity index is 619. The number of halogens is 2. The molecule has 0 radical (unpaired) electrons. The fourth-order valence-electron chi connectivity index (χ4n) is 1.80. The Morgan fingerprint density at radius 2 is 2.20 bits per heavy atom. The minimum absolute atomic E-state index is 0.147. The van der Waals surface area contributed by atoms with E-state index in [1.165, 1.54) is 4.68 Å². The molecule has 0 bridgehead atoms. The van der Waals surface area contributed by atoms with E-state index < -0.39 is 0 Å². The summed E-state index contributed by atoms with van der Waals surface area (Å²) in [6.45, 7) is 2.92. The SMILES string of the molecule is Cc1nn(CCCNC(=O)c2ccnn2C)c(Cl)c1Cl. The number of nitrogens with one attached hydrogen (secondary N) is 1. The molecule has 0 aliphatic heterocycles. The quantitative estimate of drug-likeness (QED) is 0.859. The van der Waals surface area contributed by atoms with Crippen LogP contribution in [0.5, 0.6) is 0 Å². The topological polar surface area (TPSA) is 64.7 Å². The maximum Gasteiger partial charge on any atom is 0.269 e. The van der Waals surface area contributed by atoms with Gasteiger partial charge in [0.25, 0.3) is 5.91 Å². The van der Waals surface area contributed by atoms with Gasteiger partial charge in [-0.2, -0.15) is 10.2 Å². The molecule has 2 aromatic heterocycles. The van der Waals surface area contributed by atoms with Crippen molar-refractivity contribution >= 4 is 29.1 Å². The van der Waals surface area contributed by atoms with Gasteiger partial charge in [-0.1, -0.05) is 23.2 Å². The lowest BCUT2D eigenvalue weighted by atomic mass is 10.3. The van der Waals surface area contributed by atoms with Gasteiger partial charge in [-0.25, -0.2) is 0 Å². The monoisotopic (exact) mass is 315 g/mol. The second-order valence-corrected chi connectivity index (χ2v) is 5.10. The van der Waals surface area contributed by atoms with Crippen molar-refractivity contribution in [3.8, 4) is 0 Å². The number of hydrogen-bond acceptors (Lipinski definition) is 3. The van der Waals surface area contributed by atoms with Gasteiger partial charge in [0, 0.05) is 26.3 Å². The first-order chi connectivity index (χ1) is 9.50. The number of carbonyl (C=O) groups is 1. The van der Waals surface area contributed by atoms with Crippen molar-refractivity contribution in [3.05, 3.63) is 33.8 Å². The van der Waals surface area contributed by atoms with Gasteiger partial charge >= 0.3 is 0 Å². The van der Waals surface area contributed by atoms with Crippen LogP contribution in [0.3, 0.4) is 0 Å². The molecule has 2 aromatic rings. The minimum Gasteiger partial charge on any atom is -0.351 e. The summed E-state index contributed by atoms with van der Waals surface area (Å²) >= 11 is 12.0. The van der Waals surface area contributed by atoms with Crippen LogP contribution in [0.15, 0.2) is 12.3 Å². The van der Waals surface area contributed by atoms with E-state index in [0.29, 0.717) is 41.1 Å². The van der Waals surface area contributed by atoms with Crippen LogP contribution in [0.4, 0.5) is 0 Å². The lowest BCUT2D eigenvalue weighted by molar-refractivity contribution is 0.0943. The first-order valence-corrected chi connectivity index (χ1v) is 6.91. The Labute approximate surface area is 126 Å². The van der Waals surface area contributed by atoms with Crippen LogP contribution in [0, 0.1) is 6.92 Å². The molecule has 0 aromatic carbocycles. The molecular weight excluding hydrogens is 301 g/mol. The molecule has 0 saturated carbocycles. The third kappa shape index (κ3) is 3.13. The van der Waals surface area contributed by atoms with Gasteiger partial charge in [-0.15, -0.1) is 0 Å². The van der Waals surface area contributed by atoms with Crippen molar-refractivity contribution in [2.24, 2.45) is 7.05 Å². The molecule has 20 heavy (non-hydrogen) atoms. The average molecular weight is 316 g/mol. The van der Waals surface area contributed by atoms with E-state index in [2.05, 4.69) is 15.5 Å². The van der Waals surface area contributed by atoms with Crippen molar-refractivity contribution in [1.82, 2.24) is 24.9 Å². The van der Waals surface area contributed by atoms with Gasteiger partial charge < -0.3 is 5.32 Å². The summed E-state index contributed by atoms with van der Waals surface area (Å²) in [5, 5.41) is 11.9. The molecule has 0 saturated heterocycles. The molecule has 0 atom stereocenters. The maximum absolute atomic E-state index is 11.8. The normalized spacial score (nSPS) is 10.8. The maximum atomic E-state index is 11.8. The van der Waals surface area contributed by atoms with Crippen LogP contribution in [0.2, 0.25) is 10.2 Å². The molecule has 2 rings (SSSR count). The lowest BCUT2D eigenvalue weighted by Crippen LogP contribution is -2.27. The summed E-state index contributed by atoms with van der Waals surface area (Å²) in [6, 6.07) is 1.67. The molecule has 0 fully saturated rings. The average Bonchev–Trinajstić information content (AvgIpc) is 2.94. The molecule has 1 N–H and O–H groups in total. The van der Waals surface area contributed by atoms with Crippen molar-refractivity contribution in [2.45, 2.75) is 19.9 Å². The van der Waals surface area contributed by atoms with Gasteiger partial charge in [-0.3, -0.25) is 14.2 Å². The summed E-state index contributed by atoms with van der Waals surface area (Å²) in [6.07, 6.45) is 2.30. The number of carbonyl (C=O) groups excluding carboxylic acids is 1. The lowest BCUT2D eigenvalue weighted by Gasteiger charge is -2.06. The zero-order valence-electron chi connectivity index (χ0n) is 11.2. The molecule has 2 heterocycles. The van der Waals surface area contributed by atoms with Crippen molar-refractivity contribution in [2.75, 3.05) is 6.54 Å². The zero-order valence-corrected chi connectivity index (χ0v) is 12.7. The van der Waals surface area contributed by atoms with Gasteiger partial charge in [0.15, 0.2) is 0 Å². The summed E-state index contributed by atoms with van der Waals surface area (Å²) in [7, 11) is 1.73. The highest BCUT2D eigenvalue weighted by molar-refractivity contribution is 6.41. The molecular formula is C12H15Cl2N5O. The number of aryl methyl sites for hydroxylation is 3. The number of hydrogen-bond donors (Lipinski definition) is 1. The number of nitrogens with zero attached hydrogens (tertiary/aromatic N) is 4. The Morgan fingerprint density at radius 1 is 1.45 bits per heavy atom. The second-order valence-electron chi connectivity index (χ2n) is 4.36. The third-order valence-electron chi connectivity index (χ3n) is 2.88. The van der Waals surface area contributed by atoms with Crippen LogP contribution in [0.25, 0.3) is 0 Å². The van der Waals surface area contributed by atoms with Crippen LogP contribution in [0.1, 0.15) is 22.6 Å². The molecule has 108 valence electrons. The Balaban J connectivity index is 1.81. The van der Waals surface area contributed by atoms with Gasteiger partial charge in [0.05, 0.1) is 5.69 Å². The first kappa shape index (κ1) is 14.9. The third-order valence-corrected chi connectivity index (χ3v) is 3.82. The molecule has 0 spiro atoms. The number of amides is 1.